The van der Waals surface area contributed by atoms with Gasteiger partial charge < -0.3 is 33.9 Å². The van der Waals surface area contributed by atoms with E-state index in [1.807, 2.05) is 18.2 Å². The van der Waals surface area contributed by atoms with E-state index in [-0.39, 0.29) is 42.6 Å². The maximum atomic E-state index is 13.7. The van der Waals surface area contributed by atoms with Crippen LogP contribution in [-0.2, 0) is 27.3 Å². The molecule has 2 aromatic carbocycles. The van der Waals surface area contributed by atoms with Gasteiger partial charge in [0.1, 0.15) is 17.1 Å². The molecule has 0 bridgehead atoms. The van der Waals surface area contributed by atoms with Gasteiger partial charge in [-0.15, -0.1) is 0 Å². The molecule has 0 aliphatic carbocycles. The molecule has 1 N–H and O–H groups in total. The van der Waals surface area contributed by atoms with Gasteiger partial charge in [0.25, 0.3) is 5.91 Å². The molecule has 2 aliphatic heterocycles. The fraction of sp³-hybridized carbons (Fsp3) is 0.417. The first kappa shape index (κ1) is 22.9. The first-order valence-electron chi connectivity index (χ1n) is 10.7. The Hall–Kier alpha value is -3.32. The summed E-state index contributed by atoms with van der Waals surface area (Å²) < 4.78 is 26.8. The topological polar surface area (TPSA) is 102 Å². The summed E-state index contributed by atoms with van der Waals surface area (Å²) in [6.07, 6.45) is 0.956. The summed E-state index contributed by atoms with van der Waals surface area (Å²) in [6, 6.07) is 11.4. The van der Waals surface area contributed by atoms with E-state index >= 15 is 0 Å². The van der Waals surface area contributed by atoms with Crippen LogP contribution in [0, 0.1) is 11.3 Å². The van der Waals surface area contributed by atoms with Crippen LogP contribution in [0.2, 0.25) is 0 Å². The predicted octanol–water partition coefficient (Wildman–Crippen LogP) is 2.88. The summed E-state index contributed by atoms with van der Waals surface area (Å²) in [5.41, 5.74) is 3.72. The van der Waals surface area contributed by atoms with Crippen LogP contribution in [0.4, 0.5) is 5.69 Å². The number of carbonyl (C=O) groups excluding carboxylic acids is 1. The van der Waals surface area contributed by atoms with Gasteiger partial charge in [0.15, 0.2) is 13.6 Å². The van der Waals surface area contributed by atoms with Gasteiger partial charge in [-0.25, -0.2) is 0 Å². The van der Waals surface area contributed by atoms with Crippen molar-refractivity contribution >= 4 is 11.6 Å². The Morgan fingerprint density at radius 2 is 1.91 bits per heavy atom. The number of benzene rings is 2. The Morgan fingerprint density at radius 3 is 2.52 bits per heavy atom. The number of anilines is 1. The summed E-state index contributed by atoms with van der Waals surface area (Å²) in [5.74, 6) is 0.192. The van der Waals surface area contributed by atoms with E-state index in [1.54, 1.807) is 4.90 Å². The molecule has 174 valence electrons. The quantitative estimate of drug-likeness (QED) is 0.579. The molecule has 1 amide bonds. The molecule has 1 fully saturated rings. The normalized spacial score (nSPS) is 16.9. The van der Waals surface area contributed by atoms with Crippen LogP contribution in [0.25, 0.3) is 0 Å². The molecule has 9 nitrogen and oxygen atoms in total. The Kier molecular flexibility index (Phi) is 7.29. The van der Waals surface area contributed by atoms with Crippen LogP contribution >= 0.6 is 0 Å². The number of amides is 1. The van der Waals surface area contributed by atoms with Gasteiger partial charge in [-0.3, -0.25) is 4.79 Å². The van der Waals surface area contributed by atoms with Gasteiger partial charge in [-0.05, 0) is 35.7 Å². The number of ether oxygens (including phenoxy) is 5. The van der Waals surface area contributed by atoms with E-state index in [9.17, 15) is 10.1 Å². The van der Waals surface area contributed by atoms with Crippen molar-refractivity contribution in [2.45, 2.75) is 25.6 Å². The van der Waals surface area contributed by atoms with E-state index in [0.717, 1.165) is 29.8 Å². The first-order valence-corrected chi connectivity index (χ1v) is 10.7. The van der Waals surface area contributed by atoms with Gasteiger partial charge in [0.05, 0.1) is 24.3 Å². The predicted molar refractivity (Wildman–Crippen MR) is 119 cm³/mol. The smallest absolute Gasteiger partial charge is 0.262 e. The summed E-state index contributed by atoms with van der Waals surface area (Å²) in [7, 11) is 2.97. The SMILES string of the molecule is COCOc1cc(C#N)cc(OCOC)c1C(=O)N1Cc2cccc(N[C@H]3CCOC3)c2C1. The number of nitriles is 1. The molecule has 0 saturated carbocycles. The van der Waals surface area contributed by atoms with Crippen molar-refractivity contribution in [1.29, 1.82) is 5.26 Å². The summed E-state index contributed by atoms with van der Waals surface area (Å²) in [6.45, 7) is 2.19. The molecule has 9 heteroatoms. The minimum absolute atomic E-state index is 0.0728. The van der Waals surface area contributed by atoms with E-state index in [0.29, 0.717) is 25.3 Å². The maximum Gasteiger partial charge on any atom is 0.262 e. The highest BCUT2D eigenvalue weighted by atomic mass is 16.7. The van der Waals surface area contributed by atoms with Crippen molar-refractivity contribution in [2.75, 3.05) is 46.3 Å². The maximum absolute atomic E-state index is 13.7. The van der Waals surface area contributed by atoms with Gasteiger partial charge in [0, 0.05) is 39.6 Å². The lowest BCUT2D eigenvalue weighted by Crippen LogP contribution is -2.27. The molecular weight excluding hydrogens is 426 g/mol. The van der Waals surface area contributed by atoms with Crippen LogP contribution in [0.1, 0.15) is 33.5 Å². The third kappa shape index (κ3) is 5.03. The van der Waals surface area contributed by atoms with Gasteiger partial charge in [-0.1, -0.05) is 12.1 Å². The van der Waals surface area contributed by atoms with E-state index in [1.165, 1.54) is 26.4 Å². The zero-order chi connectivity index (χ0) is 23.2. The minimum atomic E-state index is -0.261. The Labute approximate surface area is 192 Å². The molecule has 0 radical (unpaired) electrons. The fourth-order valence-corrected chi connectivity index (χ4v) is 4.06. The molecule has 2 heterocycles. The number of hydrogen-bond acceptors (Lipinski definition) is 8. The largest absolute Gasteiger partial charge is 0.467 e. The lowest BCUT2D eigenvalue weighted by atomic mass is 10.1. The van der Waals surface area contributed by atoms with Crippen LogP contribution in [0.3, 0.4) is 0 Å². The van der Waals surface area contributed by atoms with Crippen molar-refractivity contribution in [3.8, 4) is 17.6 Å². The van der Waals surface area contributed by atoms with Crippen LogP contribution in [-0.4, -0.2) is 57.9 Å². The molecular formula is C24H27N3O6. The first-order chi connectivity index (χ1) is 16.1. The average Bonchev–Trinajstić information content (AvgIpc) is 3.51. The molecule has 1 atom stereocenters. The van der Waals surface area contributed by atoms with Crippen LogP contribution < -0.4 is 14.8 Å². The molecule has 4 rings (SSSR count). The Balaban J connectivity index is 1.63. The fourth-order valence-electron chi connectivity index (χ4n) is 4.06. The second-order valence-corrected chi connectivity index (χ2v) is 7.87. The van der Waals surface area contributed by atoms with E-state index in [4.69, 9.17) is 23.7 Å². The second-order valence-electron chi connectivity index (χ2n) is 7.87. The molecule has 1 saturated heterocycles. The van der Waals surface area contributed by atoms with E-state index < -0.39 is 0 Å². The van der Waals surface area contributed by atoms with Gasteiger partial charge in [0.2, 0.25) is 0 Å². The number of nitrogens with zero attached hydrogens (tertiary/aromatic N) is 2. The number of carbonyl (C=O) groups is 1. The summed E-state index contributed by atoms with van der Waals surface area (Å²) >= 11 is 0. The van der Waals surface area contributed by atoms with Gasteiger partial charge in [-0.2, -0.15) is 5.26 Å². The zero-order valence-electron chi connectivity index (χ0n) is 18.8. The monoisotopic (exact) mass is 453 g/mol. The molecule has 33 heavy (non-hydrogen) atoms. The van der Waals surface area contributed by atoms with Crippen molar-refractivity contribution in [1.82, 2.24) is 4.90 Å². The Bertz CT molecular complexity index is 1020. The second kappa shape index (κ2) is 10.5. The average molecular weight is 453 g/mol. The highest BCUT2D eigenvalue weighted by Gasteiger charge is 2.31. The number of fused-ring (bicyclic) bond motifs is 1. The standard InChI is InChI=1S/C24H27N3O6/c1-29-14-32-21-8-16(10-25)9-22(33-15-30-2)23(21)24(28)27-11-17-4-3-5-20(19(17)12-27)26-18-6-7-31-13-18/h3-5,8-9,18,26H,6-7,11-15H2,1-2H3/t18-/m0/s1. The van der Waals surface area contributed by atoms with Crippen molar-refractivity contribution in [2.24, 2.45) is 0 Å². The molecule has 0 unspecified atom stereocenters. The summed E-state index contributed by atoms with van der Waals surface area (Å²) in [5, 5.41) is 13.0. The van der Waals surface area contributed by atoms with Crippen LogP contribution in [0.5, 0.6) is 11.5 Å². The van der Waals surface area contributed by atoms with Crippen LogP contribution in [0.15, 0.2) is 30.3 Å². The number of rotatable bonds is 9. The third-order valence-corrected chi connectivity index (χ3v) is 5.63. The van der Waals surface area contributed by atoms with Gasteiger partial charge >= 0.3 is 0 Å². The highest BCUT2D eigenvalue weighted by Crippen LogP contribution is 2.36. The molecule has 0 spiro atoms. The molecule has 0 aromatic heterocycles. The molecule has 2 aliphatic rings. The lowest BCUT2D eigenvalue weighted by Gasteiger charge is -2.21. The third-order valence-electron chi connectivity index (χ3n) is 5.63. The summed E-state index contributed by atoms with van der Waals surface area (Å²) in [4.78, 5) is 15.4. The lowest BCUT2D eigenvalue weighted by molar-refractivity contribution is 0.0426. The number of nitrogens with one attached hydrogen (secondary N) is 1. The van der Waals surface area contributed by atoms with Crippen molar-refractivity contribution in [3.63, 3.8) is 0 Å². The van der Waals surface area contributed by atoms with Crippen molar-refractivity contribution in [3.05, 3.63) is 52.6 Å². The Morgan fingerprint density at radius 1 is 1.18 bits per heavy atom. The zero-order valence-corrected chi connectivity index (χ0v) is 18.8. The number of hydrogen-bond donors (Lipinski definition) is 1. The minimum Gasteiger partial charge on any atom is -0.467 e. The van der Waals surface area contributed by atoms with Crippen molar-refractivity contribution < 1.29 is 28.5 Å². The molecule has 2 aromatic rings. The highest BCUT2D eigenvalue weighted by molar-refractivity contribution is 6.00. The number of methoxy groups -OCH3 is 2. The van der Waals surface area contributed by atoms with E-state index in [2.05, 4.69) is 11.4 Å².